The molecule has 1 N–H and O–H groups in total. The van der Waals surface area contributed by atoms with E-state index in [1.165, 1.54) is 5.71 Å². The zero-order valence-electron chi connectivity index (χ0n) is 13.6. The summed E-state index contributed by atoms with van der Waals surface area (Å²) in [5.41, 5.74) is 3.36. The Morgan fingerprint density at radius 3 is 2.22 bits per heavy atom. The molecule has 0 saturated heterocycles. The molecule has 1 aliphatic rings. The lowest BCUT2D eigenvalue weighted by Crippen LogP contribution is -2.19. The van der Waals surface area contributed by atoms with Crippen molar-refractivity contribution in [3.63, 3.8) is 0 Å². The quantitative estimate of drug-likeness (QED) is 0.801. The molecule has 0 saturated carbocycles. The van der Waals surface area contributed by atoms with E-state index in [4.69, 9.17) is 16.7 Å². The molecule has 2 aromatic rings. The van der Waals surface area contributed by atoms with Crippen molar-refractivity contribution in [1.82, 2.24) is 0 Å². The minimum atomic E-state index is 0.0242. The smallest absolute Gasteiger partial charge is 0.115 e. The van der Waals surface area contributed by atoms with Gasteiger partial charge in [-0.25, -0.2) is 0 Å². The molecule has 0 bridgehead atoms. The van der Waals surface area contributed by atoms with Crippen LogP contribution in [0.2, 0.25) is 5.02 Å². The highest BCUT2D eigenvalue weighted by atomic mass is 35.5. The molecule has 120 valence electrons. The summed E-state index contributed by atoms with van der Waals surface area (Å²) in [5.74, 6) is 0.279. The summed E-state index contributed by atoms with van der Waals surface area (Å²) in [4.78, 5) is 0. The van der Waals surface area contributed by atoms with Gasteiger partial charge in [0.15, 0.2) is 0 Å². The Morgan fingerprint density at radius 2 is 1.65 bits per heavy atom. The van der Waals surface area contributed by atoms with Crippen LogP contribution < -0.4 is 5.01 Å². The van der Waals surface area contributed by atoms with Crippen LogP contribution in [0.5, 0.6) is 5.75 Å². The van der Waals surface area contributed by atoms with Crippen LogP contribution in [0.4, 0.5) is 5.69 Å². The van der Waals surface area contributed by atoms with E-state index in [-0.39, 0.29) is 17.2 Å². The molecule has 1 aliphatic heterocycles. The molecule has 0 aromatic heterocycles. The molecule has 1 atom stereocenters. The average molecular weight is 329 g/mol. The van der Waals surface area contributed by atoms with Gasteiger partial charge in [-0.3, -0.25) is 5.01 Å². The minimum Gasteiger partial charge on any atom is -0.508 e. The first kappa shape index (κ1) is 15.9. The third-order valence-corrected chi connectivity index (χ3v) is 4.40. The molecule has 1 unspecified atom stereocenters. The molecule has 0 fully saturated rings. The maximum atomic E-state index is 9.54. The Morgan fingerprint density at radius 1 is 1.04 bits per heavy atom. The summed E-state index contributed by atoms with van der Waals surface area (Å²) in [6, 6.07) is 15.3. The van der Waals surface area contributed by atoms with E-state index in [1.807, 2.05) is 36.4 Å². The van der Waals surface area contributed by atoms with Crippen LogP contribution in [0, 0.1) is 5.41 Å². The van der Waals surface area contributed by atoms with Crippen LogP contribution in [-0.4, -0.2) is 10.8 Å². The van der Waals surface area contributed by atoms with Crippen LogP contribution in [0.15, 0.2) is 53.6 Å². The molecule has 3 nitrogen and oxygen atoms in total. The Balaban J connectivity index is 2.00. The van der Waals surface area contributed by atoms with Gasteiger partial charge in [0.1, 0.15) is 5.75 Å². The van der Waals surface area contributed by atoms with Crippen molar-refractivity contribution in [3.05, 3.63) is 59.1 Å². The van der Waals surface area contributed by atoms with Crippen molar-refractivity contribution < 1.29 is 5.11 Å². The summed E-state index contributed by atoms with van der Waals surface area (Å²) >= 11 is 6.01. The zero-order chi connectivity index (χ0) is 16.6. The first-order valence-corrected chi connectivity index (χ1v) is 8.14. The second-order valence-corrected chi connectivity index (χ2v) is 7.37. The van der Waals surface area contributed by atoms with Crippen molar-refractivity contribution in [2.24, 2.45) is 10.5 Å². The summed E-state index contributed by atoms with van der Waals surface area (Å²) in [6.45, 7) is 6.56. The van der Waals surface area contributed by atoms with Gasteiger partial charge in [-0.15, -0.1) is 0 Å². The van der Waals surface area contributed by atoms with Gasteiger partial charge in [0, 0.05) is 22.6 Å². The van der Waals surface area contributed by atoms with Crippen LogP contribution in [0.3, 0.4) is 0 Å². The van der Waals surface area contributed by atoms with Crippen molar-refractivity contribution in [1.29, 1.82) is 0 Å². The molecule has 0 radical (unpaired) electrons. The predicted octanol–water partition coefficient (Wildman–Crippen LogP) is 5.40. The van der Waals surface area contributed by atoms with E-state index in [1.54, 1.807) is 12.1 Å². The number of phenolic OH excluding ortho intramolecular Hbond substituents is 1. The van der Waals surface area contributed by atoms with Crippen molar-refractivity contribution in [2.45, 2.75) is 33.2 Å². The first-order chi connectivity index (χ1) is 10.8. The van der Waals surface area contributed by atoms with Gasteiger partial charge < -0.3 is 5.11 Å². The van der Waals surface area contributed by atoms with Crippen LogP contribution in [0.25, 0.3) is 0 Å². The zero-order valence-corrected chi connectivity index (χ0v) is 14.4. The Labute approximate surface area is 142 Å². The number of benzene rings is 2. The Hall–Kier alpha value is -2.00. The van der Waals surface area contributed by atoms with Crippen LogP contribution in [-0.2, 0) is 0 Å². The normalized spacial score (nSPS) is 18.2. The number of phenols is 1. The molecule has 4 heteroatoms. The lowest BCUT2D eigenvalue weighted by molar-refractivity contribution is 0.475. The fourth-order valence-corrected chi connectivity index (χ4v) is 2.88. The van der Waals surface area contributed by atoms with Crippen molar-refractivity contribution in [3.8, 4) is 5.75 Å². The molecule has 3 rings (SSSR count). The molecule has 0 aliphatic carbocycles. The van der Waals surface area contributed by atoms with E-state index >= 15 is 0 Å². The highest BCUT2D eigenvalue weighted by molar-refractivity contribution is 6.30. The summed E-state index contributed by atoms with van der Waals surface area (Å²) in [5, 5.41) is 17.2. The molecule has 1 heterocycles. The molecule has 0 spiro atoms. The molecule has 2 aromatic carbocycles. The van der Waals surface area contributed by atoms with Crippen molar-refractivity contribution >= 4 is 23.0 Å². The van der Waals surface area contributed by atoms with E-state index in [9.17, 15) is 5.11 Å². The van der Waals surface area contributed by atoms with E-state index < -0.39 is 0 Å². The predicted molar refractivity (Wildman–Crippen MR) is 96.3 cm³/mol. The SMILES string of the molecule is CC(C)(C)C1=NN(c2ccc(Cl)cc2)C(c2ccc(O)cc2)C1. The maximum Gasteiger partial charge on any atom is 0.115 e. The van der Waals surface area contributed by atoms with Gasteiger partial charge in [0.25, 0.3) is 0 Å². The standard InChI is InChI=1S/C19H21ClN2O/c1-19(2,3)18-12-17(13-4-10-16(23)11-5-13)22(21-18)15-8-6-14(20)7-9-15/h4-11,17,23H,12H2,1-3H3. The van der Waals surface area contributed by atoms with E-state index in [0.29, 0.717) is 5.02 Å². The fourth-order valence-electron chi connectivity index (χ4n) is 2.75. The summed E-state index contributed by atoms with van der Waals surface area (Å²) < 4.78 is 0. The Kier molecular flexibility index (Phi) is 4.07. The largest absolute Gasteiger partial charge is 0.508 e. The highest BCUT2D eigenvalue weighted by Gasteiger charge is 2.34. The number of rotatable bonds is 2. The fraction of sp³-hybridized carbons (Fsp3) is 0.316. The van der Waals surface area contributed by atoms with Crippen molar-refractivity contribution in [2.75, 3.05) is 5.01 Å². The molecule has 23 heavy (non-hydrogen) atoms. The summed E-state index contributed by atoms with van der Waals surface area (Å²) in [6.07, 6.45) is 0.872. The topological polar surface area (TPSA) is 35.8 Å². The minimum absolute atomic E-state index is 0.0242. The number of hydrazone groups is 1. The molecule has 0 amide bonds. The van der Waals surface area contributed by atoms with Gasteiger partial charge in [0.2, 0.25) is 0 Å². The third kappa shape index (κ3) is 3.35. The number of aromatic hydroxyl groups is 1. The first-order valence-electron chi connectivity index (χ1n) is 7.76. The van der Waals surface area contributed by atoms with Gasteiger partial charge in [0.05, 0.1) is 11.7 Å². The van der Waals surface area contributed by atoms with Crippen LogP contribution in [0.1, 0.15) is 38.8 Å². The molecular formula is C19H21ClN2O. The number of halogens is 1. The monoisotopic (exact) mass is 328 g/mol. The van der Waals surface area contributed by atoms with Gasteiger partial charge in [-0.1, -0.05) is 44.5 Å². The molecular weight excluding hydrogens is 308 g/mol. The maximum absolute atomic E-state index is 9.54. The van der Waals surface area contributed by atoms with Gasteiger partial charge in [-0.05, 0) is 42.0 Å². The lowest BCUT2D eigenvalue weighted by Gasteiger charge is -2.24. The lowest BCUT2D eigenvalue weighted by atomic mass is 9.86. The average Bonchev–Trinajstić information content (AvgIpc) is 2.94. The van der Waals surface area contributed by atoms with Gasteiger partial charge >= 0.3 is 0 Å². The summed E-state index contributed by atoms with van der Waals surface area (Å²) in [7, 11) is 0. The second kappa shape index (κ2) is 5.89. The highest BCUT2D eigenvalue weighted by Crippen LogP contribution is 2.39. The number of nitrogens with zero attached hydrogens (tertiary/aromatic N) is 2. The van der Waals surface area contributed by atoms with Crippen LogP contribution >= 0.6 is 11.6 Å². The number of anilines is 1. The third-order valence-electron chi connectivity index (χ3n) is 4.15. The Bertz CT molecular complexity index is 715. The van der Waals surface area contributed by atoms with Gasteiger partial charge in [-0.2, -0.15) is 5.10 Å². The van der Waals surface area contributed by atoms with E-state index in [0.717, 1.165) is 17.7 Å². The number of hydrogen-bond acceptors (Lipinski definition) is 3. The second-order valence-electron chi connectivity index (χ2n) is 6.93. The van der Waals surface area contributed by atoms with E-state index in [2.05, 4.69) is 25.8 Å². The number of hydrogen-bond donors (Lipinski definition) is 1.